The Morgan fingerprint density at radius 3 is 2.32 bits per heavy atom. The highest BCUT2D eigenvalue weighted by Crippen LogP contribution is 2.17. The molecule has 3 aromatic carbocycles. The summed E-state index contributed by atoms with van der Waals surface area (Å²) in [5.74, 6) is -0.732. The lowest BCUT2D eigenvalue weighted by atomic mass is 10.0. The van der Waals surface area contributed by atoms with Crippen molar-refractivity contribution in [1.82, 2.24) is 10.1 Å². The largest absolute Gasteiger partial charge is 0.423 e. The summed E-state index contributed by atoms with van der Waals surface area (Å²) in [7, 11) is -3.89. The Kier molecular flexibility index (Phi) is 9.57. The van der Waals surface area contributed by atoms with Crippen LogP contribution in [0.1, 0.15) is 41.8 Å². The first-order valence-corrected chi connectivity index (χ1v) is 13.4. The number of benzene rings is 3. The third kappa shape index (κ3) is 8.52. The van der Waals surface area contributed by atoms with Crippen LogP contribution in [-0.2, 0) is 14.8 Å². The Hall–Kier alpha value is -3.53. The van der Waals surface area contributed by atoms with E-state index in [0.717, 1.165) is 5.56 Å². The van der Waals surface area contributed by atoms with Gasteiger partial charge in [-0.15, -0.1) is 0 Å². The Morgan fingerprint density at radius 2 is 1.70 bits per heavy atom. The van der Waals surface area contributed by atoms with Crippen LogP contribution in [0.5, 0.6) is 5.75 Å². The minimum absolute atomic E-state index is 0.0580. The third-order valence-corrected chi connectivity index (χ3v) is 6.91. The second-order valence-corrected chi connectivity index (χ2v) is 11.0. The van der Waals surface area contributed by atoms with E-state index < -0.39 is 27.9 Å². The molecule has 10 heteroatoms. The van der Waals surface area contributed by atoms with Gasteiger partial charge in [0.1, 0.15) is 11.8 Å². The maximum atomic E-state index is 12.8. The van der Waals surface area contributed by atoms with E-state index in [1.807, 2.05) is 20.8 Å². The van der Waals surface area contributed by atoms with E-state index in [9.17, 15) is 18.0 Å². The molecule has 0 radical (unpaired) electrons. The van der Waals surface area contributed by atoms with Crippen LogP contribution in [0.3, 0.4) is 0 Å². The first kappa shape index (κ1) is 28.0. The van der Waals surface area contributed by atoms with E-state index in [4.69, 9.17) is 16.3 Å². The molecule has 1 atom stereocenters. The van der Waals surface area contributed by atoms with Gasteiger partial charge in [0.05, 0.1) is 16.7 Å². The number of hydrogen-bond donors (Lipinski definition) is 2. The summed E-state index contributed by atoms with van der Waals surface area (Å²) in [4.78, 5) is 25.1. The summed E-state index contributed by atoms with van der Waals surface area (Å²) >= 11 is 5.91. The Bertz CT molecular complexity index is 1370. The fourth-order valence-corrected chi connectivity index (χ4v) is 4.70. The summed E-state index contributed by atoms with van der Waals surface area (Å²) < 4.78 is 33.4. The number of aryl methyl sites for hydroxylation is 1. The Labute approximate surface area is 221 Å². The highest BCUT2D eigenvalue weighted by Gasteiger charge is 2.26. The number of halogens is 1. The van der Waals surface area contributed by atoms with Gasteiger partial charge in [0.2, 0.25) is 10.0 Å². The molecule has 0 saturated heterocycles. The maximum Gasteiger partial charge on any atom is 0.343 e. The minimum Gasteiger partial charge on any atom is -0.423 e. The topological polar surface area (TPSA) is 114 Å². The standard InChI is InChI=1S/C27H28ClN3O5S/c1-18(2)15-25(31-37(34,35)24-13-7-19(3)8-14-24)26(32)30-29-17-20-9-11-23(12-10-20)36-27(33)21-5-4-6-22(28)16-21/h4-14,16-18,25,31H,15H2,1-3H3,(H,30,32)/b29-17-/t25-/m0/s1. The number of rotatable bonds is 10. The number of amides is 1. The molecule has 0 aliphatic carbocycles. The maximum absolute atomic E-state index is 12.8. The van der Waals surface area contributed by atoms with E-state index >= 15 is 0 Å². The molecule has 3 aromatic rings. The SMILES string of the molecule is Cc1ccc(S(=O)(=O)N[C@@H](CC(C)C)C(=O)N/N=C\c2ccc(OC(=O)c3cccc(Cl)c3)cc2)cc1. The van der Waals surface area contributed by atoms with Crippen LogP contribution in [0.2, 0.25) is 5.02 Å². The molecular weight excluding hydrogens is 514 g/mol. The van der Waals surface area contributed by atoms with Crippen molar-refractivity contribution in [1.29, 1.82) is 0 Å². The van der Waals surface area contributed by atoms with Crippen LogP contribution in [0.4, 0.5) is 0 Å². The Morgan fingerprint density at radius 1 is 1.03 bits per heavy atom. The number of hydrogen-bond acceptors (Lipinski definition) is 6. The molecule has 3 rings (SSSR count). The van der Waals surface area contributed by atoms with E-state index in [1.165, 1.54) is 24.4 Å². The van der Waals surface area contributed by atoms with Gasteiger partial charge >= 0.3 is 5.97 Å². The number of nitrogens with zero attached hydrogens (tertiary/aromatic N) is 1. The number of carbonyl (C=O) groups excluding carboxylic acids is 2. The Balaban J connectivity index is 1.61. The molecule has 0 fully saturated rings. The number of esters is 1. The highest BCUT2D eigenvalue weighted by molar-refractivity contribution is 7.89. The van der Waals surface area contributed by atoms with Crippen LogP contribution in [0.25, 0.3) is 0 Å². The van der Waals surface area contributed by atoms with Gasteiger partial charge in [-0.3, -0.25) is 4.79 Å². The van der Waals surface area contributed by atoms with Crippen molar-refractivity contribution in [2.24, 2.45) is 11.0 Å². The second kappa shape index (κ2) is 12.6. The molecule has 0 saturated carbocycles. The van der Waals surface area contributed by atoms with Crippen molar-refractivity contribution < 1.29 is 22.7 Å². The number of carbonyl (C=O) groups is 2. The van der Waals surface area contributed by atoms with Crippen LogP contribution in [0, 0.1) is 12.8 Å². The molecule has 8 nitrogen and oxygen atoms in total. The zero-order valence-electron chi connectivity index (χ0n) is 20.6. The monoisotopic (exact) mass is 541 g/mol. The van der Waals surface area contributed by atoms with Crippen LogP contribution >= 0.6 is 11.6 Å². The average Bonchev–Trinajstić information content (AvgIpc) is 2.84. The number of nitrogens with one attached hydrogen (secondary N) is 2. The van der Waals surface area contributed by atoms with Gasteiger partial charge in [0.25, 0.3) is 5.91 Å². The fourth-order valence-electron chi connectivity index (χ4n) is 3.30. The predicted molar refractivity (Wildman–Crippen MR) is 143 cm³/mol. The van der Waals surface area contributed by atoms with Crippen LogP contribution < -0.4 is 14.9 Å². The summed E-state index contributed by atoms with van der Waals surface area (Å²) in [6.45, 7) is 5.65. The van der Waals surface area contributed by atoms with E-state index in [2.05, 4.69) is 15.2 Å². The molecule has 0 heterocycles. The first-order valence-electron chi connectivity index (χ1n) is 11.5. The van der Waals surface area contributed by atoms with E-state index in [0.29, 0.717) is 28.3 Å². The third-order valence-electron chi connectivity index (χ3n) is 5.19. The van der Waals surface area contributed by atoms with Crippen molar-refractivity contribution in [3.05, 3.63) is 94.5 Å². The number of hydrazone groups is 1. The van der Waals surface area contributed by atoms with Crippen molar-refractivity contribution in [3.63, 3.8) is 0 Å². The molecular formula is C27H28ClN3O5S. The van der Waals surface area contributed by atoms with Gasteiger partial charge in [-0.1, -0.05) is 49.2 Å². The van der Waals surface area contributed by atoms with Crippen molar-refractivity contribution in [2.75, 3.05) is 0 Å². The highest BCUT2D eigenvalue weighted by atomic mass is 35.5. The zero-order chi connectivity index (χ0) is 27.0. The van der Waals surface area contributed by atoms with Gasteiger partial charge in [0, 0.05) is 5.02 Å². The van der Waals surface area contributed by atoms with Gasteiger partial charge in [0.15, 0.2) is 0 Å². The van der Waals surface area contributed by atoms with Crippen LogP contribution in [-0.4, -0.2) is 32.6 Å². The molecule has 0 aromatic heterocycles. The molecule has 1 amide bonds. The molecule has 0 bridgehead atoms. The second-order valence-electron chi connectivity index (χ2n) is 8.82. The molecule has 0 unspecified atom stereocenters. The fraction of sp³-hybridized carbons (Fsp3) is 0.222. The first-order chi connectivity index (χ1) is 17.5. The van der Waals surface area contributed by atoms with Gasteiger partial charge < -0.3 is 4.74 Å². The molecule has 2 N–H and O–H groups in total. The summed E-state index contributed by atoms with van der Waals surface area (Å²) in [6, 6.07) is 18.3. The molecule has 0 spiro atoms. The normalized spacial score (nSPS) is 12.5. The zero-order valence-corrected chi connectivity index (χ0v) is 22.2. The lowest BCUT2D eigenvalue weighted by Gasteiger charge is -2.19. The molecule has 194 valence electrons. The molecule has 37 heavy (non-hydrogen) atoms. The smallest absolute Gasteiger partial charge is 0.343 e. The minimum atomic E-state index is -3.89. The van der Waals surface area contributed by atoms with Gasteiger partial charge in [-0.25, -0.2) is 18.6 Å². The van der Waals surface area contributed by atoms with Crippen molar-refractivity contribution >= 4 is 39.7 Å². The van der Waals surface area contributed by atoms with Crippen molar-refractivity contribution in [2.45, 2.75) is 38.1 Å². The predicted octanol–water partition coefficient (Wildman–Crippen LogP) is 4.71. The van der Waals surface area contributed by atoms with Crippen LogP contribution in [0.15, 0.2) is 82.8 Å². The van der Waals surface area contributed by atoms with E-state index in [-0.39, 0.29) is 10.8 Å². The lowest BCUT2D eigenvalue weighted by Crippen LogP contribution is -2.46. The van der Waals surface area contributed by atoms with Crippen molar-refractivity contribution in [3.8, 4) is 5.75 Å². The average molecular weight is 542 g/mol. The molecule has 0 aliphatic heterocycles. The summed E-state index contributed by atoms with van der Waals surface area (Å²) in [5, 5.41) is 4.38. The van der Waals surface area contributed by atoms with Gasteiger partial charge in [-0.05, 0) is 79.4 Å². The summed E-state index contributed by atoms with van der Waals surface area (Å²) in [6.07, 6.45) is 1.69. The number of sulfonamides is 1. The van der Waals surface area contributed by atoms with E-state index in [1.54, 1.807) is 54.6 Å². The quantitative estimate of drug-likeness (QED) is 0.167. The van der Waals surface area contributed by atoms with Gasteiger partial charge in [-0.2, -0.15) is 9.82 Å². The summed E-state index contributed by atoms with van der Waals surface area (Å²) in [5.41, 5.74) is 4.28. The molecule has 0 aliphatic rings. The number of ether oxygens (including phenoxy) is 1. The lowest BCUT2D eigenvalue weighted by molar-refractivity contribution is -0.123.